The second-order valence-electron chi connectivity index (χ2n) is 7.50. The Morgan fingerprint density at radius 2 is 2.00 bits per heavy atom. The van der Waals surface area contributed by atoms with Gasteiger partial charge in [0.1, 0.15) is 23.3 Å². The summed E-state index contributed by atoms with van der Waals surface area (Å²) in [7, 11) is 0. The molecule has 0 spiro atoms. The summed E-state index contributed by atoms with van der Waals surface area (Å²) in [5.74, 6) is -0.856. The molecule has 3 rings (SSSR count). The van der Waals surface area contributed by atoms with Gasteiger partial charge in [-0.25, -0.2) is 4.39 Å². The van der Waals surface area contributed by atoms with E-state index in [9.17, 15) is 27.5 Å². The maximum absolute atomic E-state index is 13.4. The summed E-state index contributed by atoms with van der Waals surface area (Å²) in [5.41, 5.74) is -2.44. The Balaban J connectivity index is 1.65. The van der Waals surface area contributed by atoms with Gasteiger partial charge < -0.3 is 15.2 Å². The number of carbonyl (C=O) groups excluding carboxylic acids is 1. The molecule has 162 valence electrons. The lowest BCUT2D eigenvalue weighted by Gasteiger charge is -2.42. The number of aliphatic hydroxyl groups is 1. The maximum atomic E-state index is 13.4. The van der Waals surface area contributed by atoms with Crippen molar-refractivity contribution in [1.29, 1.82) is 0 Å². The molecule has 0 saturated carbocycles. The highest BCUT2D eigenvalue weighted by Crippen LogP contribution is 2.34. The van der Waals surface area contributed by atoms with E-state index < -0.39 is 35.2 Å². The van der Waals surface area contributed by atoms with Crippen LogP contribution in [-0.4, -0.2) is 47.3 Å². The average molecular weight is 426 g/mol. The molecule has 30 heavy (non-hydrogen) atoms. The fraction of sp³-hybridized carbons (Fsp3) is 0.381. The Hall–Kier alpha value is -2.65. The molecule has 1 saturated heterocycles. The van der Waals surface area contributed by atoms with Crippen LogP contribution < -0.4 is 10.1 Å². The Labute approximate surface area is 171 Å². The zero-order valence-corrected chi connectivity index (χ0v) is 16.2. The third-order valence-corrected chi connectivity index (χ3v) is 5.00. The number of nitrogens with zero attached hydrogens (tertiary/aromatic N) is 1. The molecule has 0 aromatic heterocycles. The minimum Gasteiger partial charge on any atom is -0.486 e. The summed E-state index contributed by atoms with van der Waals surface area (Å²) < 4.78 is 58.4. The molecule has 1 aliphatic heterocycles. The van der Waals surface area contributed by atoms with Gasteiger partial charge >= 0.3 is 6.18 Å². The van der Waals surface area contributed by atoms with Gasteiger partial charge in [0.25, 0.3) is 0 Å². The van der Waals surface area contributed by atoms with E-state index >= 15 is 0 Å². The van der Waals surface area contributed by atoms with Gasteiger partial charge in [-0.05, 0) is 37.6 Å². The van der Waals surface area contributed by atoms with E-state index in [4.69, 9.17) is 4.74 Å². The standard InChI is InChI=1S/C21H22F4N2O3/c1-20(29)9-10-27(12-18(20)30-15-6-4-5-14(22)11-15)13-19(28)26-17-8-3-2-7-16(17)21(23,24)25/h2-8,11,18,29H,9-10,12-13H2,1H3,(H,26,28)/t18-,20-/m0/s1. The first-order valence-electron chi connectivity index (χ1n) is 9.37. The topological polar surface area (TPSA) is 61.8 Å². The molecule has 1 aliphatic rings. The van der Waals surface area contributed by atoms with Gasteiger partial charge in [0.05, 0.1) is 17.8 Å². The number of alkyl halides is 3. The molecule has 0 unspecified atom stereocenters. The lowest BCUT2D eigenvalue weighted by Crippen LogP contribution is -2.57. The highest BCUT2D eigenvalue weighted by molar-refractivity contribution is 5.93. The van der Waals surface area contributed by atoms with E-state index in [0.29, 0.717) is 6.54 Å². The van der Waals surface area contributed by atoms with Gasteiger partial charge in [0.15, 0.2) is 0 Å². The number of carbonyl (C=O) groups is 1. The van der Waals surface area contributed by atoms with Crippen molar-refractivity contribution in [3.05, 3.63) is 59.9 Å². The molecule has 1 heterocycles. The van der Waals surface area contributed by atoms with Gasteiger partial charge in [0.2, 0.25) is 5.91 Å². The van der Waals surface area contributed by atoms with E-state index in [1.54, 1.807) is 17.9 Å². The van der Waals surface area contributed by atoms with Crippen LogP contribution >= 0.6 is 0 Å². The lowest BCUT2D eigenvalue weighted by molar-refractivity contribution is -0.137. The van der Waals surface area contributed by atoms with Crippen LogP contribution in [0.4, 0.5) is 23.2 Å². The van der Waals surface area contributed by atoms with E-state index in [1.807, 2.05) is 0 Å². The first-order chi connectivity index (χ1) is 14.0. The van der Waals surface area contributed by atoms with Crippen LogP contribution in [0.1, 0.15) is 18.9 Å². The summed E-state index contributed by atoms with van der Waals surface area (Å²) in [5, 5.41) is 12.9. The van der Waals surface area contributed by atoms with Crippen molar-refractivity contribution in [1.82, 2.24) is 4.90 Å². The number of rotatable bonds is 5. The number of nitrogens with one attached hydrogen (secondary N) is 1. The zero-order valence-electron chi connectivity index (χ0n) is 16.2. The summed E-state index contributed by atoms with van der Waals surface area (Å²) in [6.07, 6.45) is -5.06. The quantitative estimate of drug-likeness (QED) is 0.716. The van der Waals surface area contributed by atoms with Crippen molar-refractivity contribution < 1.29 is 32.2 Å². The molecule has 1 amide bonds. The van der Waals surface area contributed by atoms with E-state index in [1.165, 1.54) is 36.4 Å². The van der Waals surface area contributed by atoms with Gasteiger partial charge in [-0.2, -0.15) is 13.2 Å². The van der Waals surface area contributed by atoms with Crippen LogP contribution in [0.3, 0.4) is 0 Å². The molecule has 0 bridgehead atoms. The third kappa shape index (κ3) is 5.48. The van der Waals surface area contributed by atoms with Crippen molar-refractivity contribution in [2.45, 2.75) is 31.2 Å². The van der Waals surface area contributed by atoms with Gasteiger partial charge in [-0.3, -0.25) is 9.69 Å². The van der Waals surface area contributed by atoms with Crippen molar-refractivity contribution in [3.8, 4) is 5.75 Å². The number of anilines is 1. The number of ether oxygens (including phenoxy) is 1. The number of likely N-dealkylation sites (tertiary alicyclic amines) is 1. The van der Waals surface area contributed by atoms with Gasteiger partial charge in [-0.1, -0.05) is 18.2 Å². The Bertz CT molecular complexity index is 902. The fourth-order valence-electron chi connectivity index (χ4n) is 3.31. The number of benzene rings is 2. The van der Waals surface area contributed by atoms with Crippen molar-refractivity contribution in [2.75, 3.05) is 25.0 Å². The van der Waals surface area contributed by atoms with Crippen LogP contribution in [0.25, 0.3) is 0 Å². The lowest BCUT2D eigenvalue weighted by atomic mass is 9.90. The minimum atomic E-state index is -4.59. The Morgan fingerprint density at radius 1 is 1.27 bits per heavy atom. The monoisotopic (exact) mass is 426 g/mol. The number of piperidine rings is 1. The van der Waals surface area contributed by atoms with Gasteiger partial charge in [0, 0.05) is 19.2 Å². The van der Waals surface area contributed by atoms with E-state index in [-0.39, 0.29) is 30.9 Å². The summed E-state index contributed by atoms with van der Waals surface area (Å²) in [6, 6.07) is 10.2. The van der Waals surface area contributed by atoms with E-state index in [2.05, 4.69) is 5.32 Å². The first kappa shape index (κ1) is 22.0. The highest BCUT2D eigenvalue weighted by atomic mass is 19.4. The fourth-order valence-corrected chi connectivity index (χ4v) is 3.31. The maximum Gasteiger partial charge on any atom is 0.418 e. The Morgan fingerprint density at radius 3 is 2.70 bits per heavy atom. The molecule has 0 aliphatic carbocycles. The normalized spacial score (nSPS) is 22.5. The molecule has 1 fully saturated rings. The van der Waals surface area contributed by atoms with Crippen molar-refractivity contribution >= 4 is 11.6 Å². The predicted molar refractivity (Wildman–Crippen MR) is 103 cm³/mol. The average Bonchev–Trinajstić information content (AvgIpc) is 2.64. The second-order valence-corrected chi connectivity index (χ2v) is 7.50. The van der Waals surface area contributed by atoms with Crippen LogP contribution in [0.2, 0.25) is 0 Å². The van der Waals surface area contributed by atoms with Crippen molar-refractivity contribution in [2.24, 2.45) is 0 Å². The van der Waals surface area contributed by atoms with Crippen LogP contribution in [0.15, 0.2) is 48.5 Å². The molecule has 0 radical (unpaired) electrons. The van der Waals surface area contributed by atoms with Crippen LogP contribution in [-0.2, 0) is 11.0 Å². The summed E-state index contributed by atoms with van der Waals surface area (Å²) in [6.45, 7) is 1.92. The number of hydrogen-bond acceptors (Lipinski definition) is 4. The number of amides is 1. The highest BCUT2D eigenvalue weighted by Gasteiger charge is 2.40. The molecule has 2 aromatic carbocycles. The smallest absolute Gasteiger partial charge is 0.418 e. The zero-order chi connectivity index (χ0) is 21.9. The second kappa shape index (κ2) is 8.61. The number of para-hydroxylation sites is 1. The number of halogens is 4. The van der Waals surface area contributed by atoms with Crippen LogP contribution in [0, 0.1) is 5.82 Å². The molecular formula is C21H22F4N2O3. The third-order valence-electron chi connectivity index (χ3n) is 5.00. The summed E-state index contributed by atoms with van der Waals surface area (Å²) >= 11 is 0. The van der Waals surface area contributed by atoms with Gasteiger partial charge in [-0.15, -0.1) is 0 Å². The molecule has 5 nitrogen and oxygen atoms in total. The summed E-state index contributed by atoms with van der Waals surface area (Å²) in [4.78, 5) is 14.0. The number of hydrogen-bond donors (Lipinski definition) is 2. The molecule has 9 heteroatoms. The molecule has 2 N–H and O–H groups in total. The van der Waals surface area contributed by atoms with E-state index in [0.717, 1.165) is 6.07 Å². The molecule has 2 atom stereocenters. The van der Waals surface area contributed by atoms with Crippen molar-refractivity contribution in [3.63, 3.8) is 0 Å². The molecule has 2 aromatic rings. The molecular weight excluding hydrogens is 404 g/mol. The van der Waals surface area contributed by atoms with Crippen LogP contribution in [0.5, 0.6) is 5.75 Å². The first-order valence-corrected chi connectivity index (χ1v) is 9.37. The largest absolute Gasteiger partial charge is 0.486 e. The predicted octanol–water partition coefficient (Wildman–Crippen LogP) is 3.69. The Kier molecular flexibility index (Phi) is 6.33. The SMILES string of the molecule is C[C@]1(O)CCN(CC(=O)Nc2ccccc2C(F)(F)F)C[C@@H]1Oc1cccc(F)c1. The minimum absolute atomic E-state index is 0.151.